The molecule has 7 heteroatoms. The number of hydrogen-bond donors (Lipinski definition) is 3. The summed E-state index contributed by atoms with van der Waals surface area (Å²) >= 11 is 3.19. The predicted molar refractivity (Wildman–Crippen MR) is 101 cm³/mol. The van der Waals surface area contributed by atoms with Crippen LogP contribution in [0.25, 0.3) is 0 Å². The van der Waals surface area contributed by atoms with Crippen LogP contribution < -0.4 is 10.7 Å². The number of hydrazone groups is 1. The molecule has 0 heterocycles. The molecule has 0 aliphatic carbocycles. The summed E-state index contributed by atoms with van der Waals surface area (Å²) in [5.41, 5.74) is 4.70. The van der Waals surface area contributed by atoms with Gasteiger partial charge in [-0.25, -0.2) is 5.43 Å². The number of rotatable bonds is 6. The Morgan fingerprint density at radius 2 is 1.96 bits per heavy atom. The number of para-hydroxylation sites is 1. The monoisotopic (exact) mass is 403 g/mol. The number of benzene rings is 2. The molecule has 2 amide bonds. The molecule has 2 aromatic rings. The van der Waals surface area contributed by atoms with E-state index < -0.39 is 11.8 Å². The third kappa shape index (κ3) is 5.72. The first kappa shape index (κ1) is 18.7. The van der Waals surface area contributed by atoms with Crippen molar-refractivity contribution in [2.75, 3.05) is 5.32 Å². The van der Waals surface area contributed by atoms with Crippen molar-refractivity contribution >= 4 is 39.6 Å². The molecule has 25 heavy (non-hydrogen) atoms. The van der Waals surface area contributed by atoms with Crippen LogP contribution in [-0.2, 0) is 16.0 Å². The molecule has 0 saturated carbocycles. The zero-order valence-corrected chi connectivity index (χ0v) is 15.2. The van der Waals surface area contributed by atoms with Crippen molar-refractivity contribution in [1.29, 1.82) is 0 Å². The summed E-state index contributed by atoms with van der Waals surface area (Å²) in [4.78, 5) is 23.7. The van der Waals surface area contributed by atoms with Gasteiger partial charge in [-0.2, -0.15) is 5.10 Å². The molecule has 0 unspecified atom stereocenters. The molecule has 0 radical (unpaired) electrons. The van der Waals surface area contributed by atoms with Gasteiger partial charge in [-0.05, 0) is 57.7 Å². The van der Waals surface area contributed by atoms with E-state index >= 15 is 0 Å². The second-order valence-corrected chi connectivity index (χ2v) is 6.09. The Morgan fingerprint density at radius 1 is 1.20 bits per heavy atom. The summed E-state index contributed by atoms with van der Waals surface area (Å²) in [6.07, 6.45) is 1.89. The van der Waals surface area contributed by atoms with Crippen molar-refractivity contribution in [2.45, 2.75) is 19.8 Å². The van der Waals surface area contributed by atoms with Gasteiger partial charge >= 0.3 is 0 Å². The standard InChI is InChI=1S/C18H18BrN3O3/c1-2-13-5-3-4-6-15(13)21-17(24)10-18(25)22-20-11-12-7-8-16(23)14(19)9-12/h3-9,11,23H,2,10H2,1H3,(H,21,24)(H,22,25)/b20-11+. The Labute approximate surface area is 154 Å². The second kappa shape index (κ2) is 8.98. The van der Waals surface area contributed by atoms with E-state index in [4.69, 9.17) is 0 Å². The number of phenolic OH excluding ortho intramolecular Hbond substituents is 1. The molecule has 0 fully saturated rings. The molecule has 2 rings (SSSR count). The number of phenols is 1. The van der Waals surface area contributed by atoms with Crippen molar-refractivity contribution in [3.8, 4) is 5.75 Å². The molecule has 130 valence electrons. The number of amides is 2. The van der Waals surface area contributed by atoms with E-state index in [0.29, 0.717) is 15.7 Å². The Hall–Kier alpha value is -2.67. The van der Waals surface area contributed by atoms with Crippen molar-refractivity contribution in [1.82, 2.24) is 5.43 Å². The van der Waals surface area contributed by atoms with Crippen LogP contribution in [-0.4, -0.2) is 23.1 Å². The zero-order valence-electron chi connectivity index (χ0n) is 13.6. The number of nitrogens with one attached hydrogen (secondary N) is 2. The first-order chi connectivity index (χ1) is 12.0. The lowest BCUT2D eigenvalue weighted by atomic mass is 10.1. The molecule has 6 nitrogen and oxygen atoms in total. The lowest BCUT2D eigenvalue weighted by molar-refractivity contribution is -0.126. The predicted octanol–water partition coefficient (Wildman–Crippen LogP) is 3.20. The quantitative estimate of drug-likeness (QED) is 0.392. The fraction of sp³-hybridized carbons (Fsp3) is 0.167. The number of nitrogens with zero attached hydrogens (tertiary/aromatic N) is 1. The number of aryl methyl sites for hydroxylation is 1. The Morgan fingerprint density at radius 3 is 2.68 bits per heavy atom. The van der Waals surface area contributed by atoms with Crippen LogP contribution in [0, 0.1) is 0 Å². The molecule has 0 atom stereocenters. The molecular weight excluding hydrogens is 386 g/mol. The van der Waals surface area contributed by atoms with Crippen molar-refractivity contribution in [3.63, 3.8) is 0 Å². The molecule has 0 aromatic heterocycles. The van der Waals surface area contributed by atoms with Crippen LogP contribution in [0.2, 0.25) is 0 Å². The topological polar surface area (TPSA) is 90.8 Å². The first-order valence-corrected chi connectivity index (χ1v) is 8.47. The van der Waals surface area contributed by atoms with E-state index in [1.807, 2.05) is 25.1 Å². The lowest BCUT2D eigenvalue weighted by Gasteiger charge is -2.09. The average Bonchev–Trinajstić information content (AvgIpc) is 2.58. The highest BCUT2D eigenvalue weighted by molar-refractivity contribution is 9.10. The highest BCUT2D eigenvalue weighted by atomic mass is 79.9. The summed E-state index contributed by atoms with van der Waals surface area (Å²) in [6, 6.07) is 12.3. The SMILES string of the molecule is CCc1ccccc1NC(=O)CC(=O)N/N=C/c1ccc(O)c(Br)c1. The largest absolute Gasteiger partial charge is 0.507 e. The van der Waals surface area contributed by atoms with E-state index in [-0.39, 0.29) is 12.2 Å². The van der Waals surface area contributed by atoms with Crippen LogP contribution in [0.15, 0.2) is 52.0 Å². The van der Waals surface area contributed by atoms with Crippen LogP contribution in [0.5, 0.6) is 5.75 Å². The number of carbonyl (C=O) groups excluding carboxylic acids is 2. The van der Waals surface area contributed by atoms with Gasteiger partial charge in [0.25, 0.3) is 0 Å². The van der Waals surface area contributed by atoms with Crippen molar-refractivity contribution in [3.05, 3.63) is 58.1 Å². The van der Waals surface area contributed by atoms with Gasteiger partial charge in [-0.15, -0.1) is 0 Å². The number of hydrogen-bond acceptors (Lipinski definition) is 4. The second-order valence-electron chi connectivity index (χ2n) is 5.24. The van der Waals surface area contributed by atoms with Crippen molar-refractivity contribution in [2.24, 2.45) is 5.10 Å². The lowest BCUT2D eigenvalue weighted by Crippen LogP contribution is -2.25. The number of carbonyl (C=O) groups is 2. The number of aromatic hydroxyl groups is 1. The molecule has 2 aromatic carbocycles. The maximum Gasteiger partial charge on any atom is 0.249 e. The third-order valence-electron chi connectivity index (χ3n) is 3.37. The normalized spacial score (nSPS) is 10.6. The summed E-state index contributed by atoms with van der Waals surface area (Å²) < 4.78 is 0.525. The minimum atomic E-state index is -0.513. The maximum atomic E-state index is 11.9. The minimum Gasteiger partial charge on any atom is -0.507 e. The molecule has 0 saturated heterocycles. The zero-order chi connectivity index (χ0) is 18.2. The van der Waals surface area contributed by atoms with Crippen LogP contribution in [0.4, 0.5) is 5.69 Å². The number of anilines is 1. The van der Waals surface area contributed by atoms with E-state index in [2.05, 4.69) is 31.8 Å². The van der Waals surface area contributed by atoms with Crippen LogP contribution in [0.3, 0.4) is 0 Å². The van der Waals surface area contributed by atoms with Gasteiger partial charge in [-0.3, -0.25) is 9.59 Å². The van der Waals surface area contributed by atoms with E-state index in [1.54, 1.807) is 18.2 Å². The average molecular weight is 404 g/mol. The summed E-state index contributed by atoms with van der Waals surface area (Å²) in [6.45, 7) is 1.99. The summed E-state index contributed by atoms with van der Waals surface area (Å²) in [7, 11) is 0. The minimum absolute atomic E-state index is 0.116. The highest BCUT2D eigenvalue weighted by Crippen LogP contribution is 2.23. The summed E-state index contributed by atoms with van der Waals surface area (Å²) in [5.74, 6) is -0.799. The van der Waals surface area contributed by atoms with Gasteiger partial charge in [0, 0.05) is 5.69 Å². The van der Waals surface area contributed by atoms with Gasteiger partial charge in [0.05, 0.1) is 10.7 Å². The summed E-state index contributed by atoms with van der Waals surface area (Å²) in [5, 5.41) is 15.9. The molecule has 0 spiro atoms. The smallest absolute Gasteiger partial charge is 0.249 e. The van der Waals surface area contributed by atoms with Gasteiger partial charge < -0.3 is 10.4 Å². The molecule has 0 bridgehead atoms. The van der Waals surface area contributed by atoms with Crippen LogP contribution in [0.1, 0.15) is 24.5 Å². The Kier molecular flexibility index (Phi) is 6.71. The maximum absolute atomic E-state index is 11.9. The Bertz CT molecular complexity index is 806. The highest BCUT2D eigenvalue weighted by Gasteiger charge is 2.10. The number of halogens is 1. The molecule has 0 aliphatic rings. The molecule has 0 aliphatic heterocycles. The third-order valence-corrected chi connectivity index (χ3v) is 4.00. The molecule has 3 N–H and O–H groups in total. The van der Waals surface area contributed by atoms with E-state index in [1.165, 1.54) is 12.3 Å². The fourth-order valence-electron chi connectivity index (χ4n) is 2.11. The van der Waals surface area contributed by atoms with Crippen LogP contribution >= 0.6 is 15.9 Å². The van der Waals surface area contributed by atoms with E-state index in [9.17, 15) is 14.7 Å². The Balaban J connectivity index is 1.86. The van der Waals surface area contributed by atoms with Crippen molar-refractivity contribution < 1.29 is 14.7 Å². The van der Waals surface area contributed by atoms with Gasteiger partial charge in [0.15, 0.2) is 0 Å². The van der Waals surface area contributed by atoms with E-state index in [0.717, 1.165) is 12.0 Å². The van der Waals surface area contributed by atoms with Gasteiger partial charge in [0.2, 0.25) is 11.8 Å². The van der Waals surface area contributed by atoms with Gasteiger partial charge in [-0.1, -0.05) is 25.1 Å². The van der Waals surface area contributed by atoms with Gasteiger partial charge in [0.1, 0.15) is 12.2 Å². The fourth-order valence-corrected chi connectivity index (χ4v) is 2.51. The first-order valence-electron chi connectivity index (χ1n) is 7.67. The molecular formula is C18H18BrN3O3.